The highest BCUT2D eigenvalue weighted by Crippen LogP contribution is 2.41. The van der Waals surface area contributed by atoms with Crippen LogP contribution in [-0.4, -0.2) is 27.7 Å². The van der Waals surface area contributed by atoms with Crippen molar-refractivity contribution in [3.63, 3.8) is 0 Å². The number of aromatic nitrogens is 1. The van der Waals surface area contributed by atoms with Crippen molar-refractivity contribution in [1.29, 1.82) is 0 Å². The molecular formula is C22H23ClN6O3. The van der Waals surface area contributed by atoms with E-state index in [9.17, 15) is 14.4 Å². The smallest absolute Gasteiger partial charge is 0.293 e. The van der Waals surface area contributed by atoms with Crippen LogP contribution in [0.5, 0.6) is 0 Å². The number of hydrogen-bond donors (Lipinski definition) is 5. The number of hydrogen-bond acceptors (Lipinski definition) is 6. The van der Waals surface area contributed by atoms with Crippen LogP contribution < -0.4 is 27.0 Å². The van der Waals surface area contributed by atoms with Crippen molar-refractivity contribution < 1.29 is 14.4 Å². The number of benzene rings is 1. The number of Topliss-reactive ketones (excluding diaryl/α,β-unsaturated/α-hetero) is 1. The Bertz CT molecular complexity index is 1180. The lowest BCUT2D eigenvalue weighted by Crippen LogP contribution is -2.46. The normalized spacial score (nSPS) is 17.6. The minimum absolute atomic E-state index is 0.330. The molecule has 10 heteroatoms. The molecule has 1 aromatic carbocycles. The molecule has 0 spiro atoms. The SMILES string of the molecule is Cc1c(C(=O)C(=O)NC2(C3=CNNN3)CC2)c2n(c1C(=O)Nc1cccc(Cl)c1)CCC2. The summed E-state index contributed by atoms with van der Waals surface area (Å²) in [6.07, 6.45) is 4.68. The summed E-state index contributed by atoms with van der Waals surface area (Å²) in [4.78, 5) is 39.3. The van der Waals surface area contributed by atoms with Gasteiger partial charge in [0.1, 0.15) is 5.69 Å². The number of nitrogens with one attached hydrogen (secondary N) is 5. The van der Waals surface area contributed by atoms with Crippen LogP contribution in [-0.2, 0) is 17.8 Å². The summed E-state index contributed by atoms with van der Waals surface area (Å²) in [6, 6.07) is 6.88. The van der Waals surface area contributed by atoms with Crippen molar-refractivity contribution in [3.8, 4) is 0 Å². The zero-order chi connectivity index (χ0) is 22.5. The van der Waals surface area contributed by atoms with Gasteiger partial charge in [-0.05, 0) is 56.4 Å². The van der Waals surface area contributed by atoms with Crippen LogP contribution in [0.25, 0.3) is 0 Å². The predicted molar refractivity (Wildman–Crippen MR) is 119 cm³/mol. The molecule has 1 fully saturated rings. The van der Waals surface area contributed by atoms with Crippen LogP contribution in [0.15, 0.2) is 36.2 Å². The van der Waals surface area contributed by atoms with E-state index in [1.165, 1.54) is 0 Å². The van der Waals surface area contributed by atoms with Gasteiger partial charge in [0.2, 0.25) is 0 Å². The van der Waals surface area contributed by atoms with Gasteiger partial charge in [0.25, 0.3) is 17.6 Å². The Hall–Kier alpha value is -3.30. The fourth-order valence-electron chi connectivity index (χ4n) is 4.55. The Labute approximate surface area is 189 Å². The molecule has 1 aliphatic carbocycles. The van der Waals surface area contributed by atoms with E-state index in [2.05, 4.69) is 27.0 Å². The molecule has 2 aromatic rings. The molecule has 2 aliphatic heterocycles. The number of hydrazine groups is 2. The third-order valence-corrected chi connectivity index (χ3v) is 6.48. The Morgan fingerprint density at radius 1 is 1.22 bits per heavy atom. The van der Waals surface area contributed by atoms with Gasteiger partial charge in [-0.1, -0.05) is 17.7 Å². The number of carbonyl (C=O) groups is 3. The van der Waals surface area contributed by atoms with Crippen molar-refractivity contribution in [2.75, 3.05) is 5.32 Å². The van der Waals surface area contributed by atoms with Crippen molar-refractivity contribution in [3.05, 3.63) is 63.7 Å². The second-order valence-corrected chi connectivity index (χ2v) is 8.77. The largest absolute Gasteiger partial charge is 0.340 e. The molecule has 1 saturated carbocycles. The summed E-state index contributed by atoms with van der Waals surface area (Å²) in [7, 11) is 0. The zero-order valence-electron chi connectivity index (χ0n) is 17.5. The fourth-order valence-corrected chi connectivity index (χ4v) is 4.74. The van der Waals surface area contributed by atoms with Crippen LogP contribution in [0.2, 0.25) is 5.02 Å². The van der Waals surface area contributed by atoms with E-state index < -0.39 is 17.2 Å². The van der Waals surface area contributed by atoms with E-state index in [1.807, 2.05) is 4.57 Å². The van der Waals surface area contributed by atoms with E-state index in [0.717, 1.165) is 30.7 Å². The Kier molecular flexibility index (Phi) is 4.94. The van der Waals surface area contributed by atoms with E-state index in [0.29, 0.717) is 40.5 Å². The van der Waals surface area contributed by atoms with Crippen molar-refractivity contribution in [1.82, 2.24) is 26.3 Å². The highest BCUT2D eigenvalue weighted by molar-refractivity contribution is 6.44. The molecule has 166 valence electrons. The maximum atomic E-state index is 13.2. The molecule has 0 radical (unpaired) electrons. The lowest BCUT2D eigenvalue weighted by atomic mass is 10.0. The summed E-state index contributed by atoms with van der Waals surface area (Å²) in [5.41, 5.74) is 11.3. The number of rotatable bonds is 6. The first kappa shape index (κ1) is 20.6. The molecule has 32 heavy (non-hydrogen) atoms. The highest BCUT2D eigenvalue weighted by atomic mass is 35.5. The van der Waals surface area contributed by atoms with Gasteiger partial charge < -0.3 is 26.1 Å². The molecule has 1 aromatic heterocycles. The quantitative estimate of drug-likeness (QED) is 0.336. The molecule has 0 saturated heterocycles. The number of carbonyl (C=O) groups excluding carboxylic acids is 3. The second-order valence-electron chi connectivity index (χ2n) is 8.33. The minimum Gasteiger partial charge on any atom is -0.340 e. The molecule has 0 bridgehead atoms. The standard InChI is InChI=1S/C22H23ClN6O3/c1-12-17(19(30)21(32)26-22(7-8-22)16-11-24-28-27-16)15-6-3-9-29(15)18(12)20(31)25-14-5-2-4-13(23)10-14/h2,4-5,10-11,24,27-28H,3,6-9H2,1H3,(H,25,31)(H,26,32). The van der Waals surface area contributed by atoms with Gasteiger partial charge in [-0.3, -0.25) is 14.4 Å². The first-order chi connectivity index (χ1) is 15.4. The average Bonchev–Trinajstić information content (AvgIpc) is 3.13. The molecule has 0 unspecified atom stereocenters. The van der Waals surface area contributed by atoms with E-state index in [4.69, 9.17) is 11.6 Å². The molecule has 3 aliphatic rings. The van der Waals surface area contributed by atoms with Gasteiger partial charge in [0, 0.05) is 29.1 Å². The average molecular weight is 455 g/mol. The summed E-state index contributed by atoms with van der Waals surface area (Å²) >= 11 is 6.02. The van der Waals surface area contributed by atoms with Gasteiger partial charge in [-0.25, -0.2) is 0 Å². The van der Waals surface area contributed by atoms with Crippen LogP contribution >= 0.6 is 11.6 Å². The van der Waals surface area contributed by atoms with Gasteiger partial charge in [0.15, 0.2) is 0 Å². The maximum absolute atomic E-state index is 13.2. The van der Waals surface area contributed by atoms with Crippen molar-refractivity contribution in [2.45, 2.75) is 44.7 Å². The number of amides is 2. The monoisotopic (exact) mass is 454 g/mol. The van der Waals surface area contributed by atoms with E-state index in [-0.39, 0.29) is 5.91 Å². The Balaban J connectivity index is 1.42. The number of anilines is 1. The number of fused-ring (bicyclic) bond motifs is 1. The number of halogens is 1. The molecule has 0 atom stereocenters. The summed E-state index contributed by atoms with van der Waals surface area (Å²) in [5.74, 6) is -1.61. The Morgan fingerprint density at radius 3 is 2.72 bits per heavy atom. The molecule has 9 nitrogen and oxygen atoms in total. The maximum Gasteiger partial charge on any atom is 0.293 e. The summed E-state index contributed by atoms with van der Waals surface area (Å²) in [6.45, 7) is 2.35. The topological polar surface area (TPSA) is 116 Å². The van der Waals surface area contributed by atoms with Crippen LogP contribution in [0.4, 0.5) is 5.69 Å². The lowest BCUT2D eigenvalue weighted by molar-refractivity contribution is -0.117. The molecule has 2 amide bonds. The molecule has 5 N–H and O–H groups in total. The lowest BCUT2D eigenvalue weighted by Gasteiger charge is -2.18. The third kappa shape index (κ3) is 3.43. The number of ketones is 1. The first-order valence-corrected chi connectivity index (χ1v) is 10.9. The van der Waals surface area contributed by atoms with Gasteiger partial charge in [-0.15, -0.1) is 0 Å². The highest BCUT2D eigenvalue weighted by Gasteiger charge is 2.50. The number of nitrogens with zero attached hydrogens (tertiary/aromatic N) is 1. The minimum atomic E-state index is -0.665. The first-order valence-electron chi connectivity index (χ1n) is 10.5. The molecule has 3 heterocycles. The van der Waals surface area contributed by atoms with Gasteiger partial charge in [0.05, 0.1) is 16.8 Å². The molecular weight excluding hydrogens is 432 g/mol. The van der Waals surface area contributed by atoms with Crippen LogP contribution in [0.1, 0.15) is 51.4 Å². The molecule has 5 rings (SSSR count). The zero-order valence-corrected chi connectivity index (χ0v) is 18.2. The van der Waals surface area contributed by atoms with Gasteiger partial charge >= 0.3 is 0 Å². The van der Waals surface area contributed by atoms with Crippen molar-refractivity contribution >= 4 is 34.9 Å². The fraction of sp³-hybridized carbons (Fsp3) is 0.318. The third-order valence-electron chi connectivity index (χ3n) is 6.24. The van der Waals surface area contributed by atoms with Crippen molar-refractivity contribution in [2.24, 2.45) is 0 Å². The van der Waals surface area contributed by atoms with E-state index >= 15 is 0 Å². The summed E-state index contributed by atoms with van der Waals surface area (Å²) < 4.78 is 1.86. The second kappa shape index (κ2) is 7.68. The van der Waals surface area contributed by atoms with Crippen LogP contribution in [0.3, 0.4) is 0 Å². The summed E-state index contributed by atoms with van der Waals surface area (Å²) in [5, 5.41) is 6.25. The van der Waals surface area contributed by atoms with Crippen LogP contribution in [0, 0.1) is 6.92 Å². The van der Waals surface area contributed by atoms with E-state index in [1.54, 1.807) is 37.4 Å². The Morgan fingerprint density at radius 2 is 2.03 bits per heavy atom. The van der Waals surface area contributed by atoms with Gasteiger partial charge in [-0.2, -0.15) is 5.53 Å². The predicted octanol–water partition coefficient (Wildman–Crippen LogP) is 1.93.